The number of likely N-dealkylation sites (tertiary alicyclic amines) is 1. The summed E-state index contributed by atoms with van der Waals surface area (Å²) in [7, 11) is 0. The number of imide groups is 1. The molecular weight excluding hydrogens is 344 g/mol. The summed E-state index contributed by atoms with van der Waals surface area (Å²) in [5.74, 6) is -1.15. The molecule has 0 radical (unpaired) electrons. The molecule has 138 valence electrons. The summed E-state index contributed by atoms with van der Waals surface area (Å²) in [4.78, 5) is 45.2. The molecule has 1 saturated carbocycles. The molecule has 0 N–H and O–H groups in total. The molecule has 7 heteroatoms. The Balaban J connectivity index is 1.47. The van der Waals surface area contributed by atoms with Gasteiger partial charge in [-0.2, -0.15) is 5.26 Å². The molecule has 3 amide bonds. The van der Waals surface area contributed by atoms with Crippen molar-refractivity contribution in [2.24, 2.45) is 23.7 Å². The molecule has 2 fully saturated rings. The van der Waals surface area contributed by atoms with E-state index in [4.69, 9.17) is 5.26 Å². The van der Waals surface area contributed by atoms with Crippen LogP contribution in [0.3, 0.4) is 0 Å². The van der Waals surface area contributed by atoms with E-state index in [1.165, 1.54) is 4.90 Å². The van der Waals surface area contributed by atoms with Crippen LogP contribution in [-0.4, -0.2) is 45.6 Å². The normalized spacial score (nSPS) is 27.7. The van der Waals surface area contributed by atoms with Crippen LogP contribution in [0.25, 0.3) is 0 Å². The Hall–Kier alpha value is -3.01. The fourth-order valence-corrected chi connectivity index (χ4v) is 4.52. The van der Waals surface area contributed by atoms with Crippen molar-refractivity contribution in [1.29, 1.82) is 5.26 Å². The van der Waals surface area contributed by atoms with Gasteiger partial charge in [0.05, 0.1) is 36.6 Å². The van der Waals surface area contributed by atoms with Gasteiger partial charge in [0.15, 0.2) is 0 Å². The largest absolute Gasteiger partial charge is 0.334 e. The Morgan fingerprint density at radius 1 is 1.22 bits per heavy atom. The number of aromatic nitrogens is 1. The summed E-state index contributed by atoms with van der Waals surface area (Å²) in [5.41, 5.74) is 0.696. The van der Waals surface area contributed by atoms with Gasteiger partial charge in [-0.25, -0.2) is 0 Å². The lowest BCUT2D eigenvalue weighted by Crippen LogP contribution is -2.44. The third kappa shape index (κ3) is 3.01. The highest BCUT2D eigenvalue weighted by atomic mass is 16.2. The van der Waals surface area contributed by atoms with Crippen molar-refractivity contribution in [2.75, 3.05) is 13.1 Å². The fourth-order valence-electron chi connectivity index (χ4n) is 4.52. The monoisotopic (exact) mass is 364 g/mol. The summed E-state index contributed by atoms with van der Waals surface area (Å²) in [6.07, 6.45) is 6.74. The van der Waals surface area contributed by atoms with E-state index < -0.39 is 0 Å². The molecule has 1 aromatic heterocycles. The van der Waals surface area contributed by atoms with Crippen LogP contribution in [0.4, 0.5) is 0 Å². The zero-order valence-corrected chi connectivity index (χ0v) is 14.8. The molecule has 2 bridgehead atoms. The van der Waals surface area contributed by atoms with Gasteiger partial charge in [-0.1, -0.05) is 18.2 Å². The summed E-state index contributed by atoms with van der Waals surface area (Å²) in [6.45, 7) is 0.224. The van der Waals surface area contributed by atoms with Crippen LogP contribution >= 0.6 is 0 Å². The van der Waals surface area contributed by atoms with E-state index in [0.717, 1.165) is 11.3 Å². The van der Waals surface area contributed by atoms with E-state index >= 15 is 0 Å². The first kappa shape index (κ1) is 17.4. The highest BCUT2D eigenvalue weighted by Gasteiger charge is 2.59. The Morgan fingerprint density at radius 3 is 2.52 bits per heavy atom. The maximum Gasteiger partial charge on any atom is 0.243 e. The van der Waals surface area contributed by atoms with Gasteiger partial charge in [-0.05, 0) is 30.4 Å². The number of hydrogen-bond donors (Lipinski definition) is 0. The summed E-state index contributed by atoms with van der Waals surface area (Å²) >= 11 is 0. The fraction of sp³-hybridized carbons (Fsp3) is 0.450. The minimum Gasteiger partial charge on any atom is -0.334 e. The standard InChI is InChI=1S/C20H20N4O3/c21-7-3-9-23(11-15-4-1-2-8-22-15)16(25)12-24-19(26)17-13-5-6-14(10-13)18(17)20(24)27/h1-2,4-6,8,13-14,17-18H,3,9-12H2/t13-,14-,17-,18+/m0/s1. The third-order valence-electron chi connectivity index (χ3n) is 5.78. The number of fused-ring (bicyclic) bond motifs is 5. The maximum atomic E-state index is 12.8. The smallest absolute Gasteiger partial charge is 0.243 e. The van der Waals surface area contributed by atoms with Gasteiger partial charge in [0.2, 0.25) is 17.7 Å². The second-order valence-corrected chi connectivity index (χ2v) is 7.31. The number of nitriles is 1. The topological polar surface area (TPSA) is 94.4 Å². The van der Waals surface area contributed by atoms with E-state index in [9.17, 15) is 14.4 Å². The van der Waals surface area contributed by atoms with Gasteiger partial charge in [0, 0.05) is 12.7 Å². The molecule has 1 saturated heterocycles. The highest BCUT2D eigenvalue weighted by molar-refractivity contribution is 6.08. The molecule has 1 aromatic rings. The van der Waals surface area contributed by atoms with E-state index in [-0.39, 0.29) is 67.4 Å². The first-order chi connectivity index (χ1) is 13.1. The minimum absolute atomic E-state index is 0.125. The van der Waals surface area contributed by atoms with Gasteiger partial charge >= 0.3 is 0 Å². The van der Waals surface area contributed by atoms with Crippen LogP contribution in [0.2, 0.25) is 0 Å². The quantitative estimate of drug-likeness (QED) is 0.557. The predicted molar refractivity (Wildman–Crippen MR) is 94.3 cm³/mol. The number of carbonyl (C=O) groups is 3. The van der Waals surface area contributed by atoms with Crippen LogP contribution in [-0.2, 0) is 20.9 Å². The zero-order chi connectivity index (χ0) is 19.0. The lowest BCUT2D eigenvalue weighted by Gasteiger charge is -2.24. The number of carbonyl (C=O) groups excluding carboxylic acids is 3. The second kappa shape index (κ2) is 6.95. The van der Waals surface area contributed by atoms with Crippen LogP contribution in [0, 0.1) is 35.0 Å². The predicted octanol–water partition coefficient (Wildman–Crippen LogP) is 1.13. The second-order valence-electron chi connectivity index (χ2n) is 7.31. The van der Waals surface area contributed by atoms with Gasteiger partial charge in [0.25, 0.3) is 0 Å². The van der Waals surface area contributed by atoms with Crippen molar-refractivity contribution in [1.82, 2.24) is 14.8 Å². The minimum atomic E-state index is -0.335. The molecule has 2 heterocycles. The van der Waals surface area contributed by atoms with Crippen molar-refractivity contribution in [2.45, 2.75) is 19.4 Å². The first-order valence-electron chi connectivity index (χ1n) is 9.18. The van der Waals surface area contributed by atoms with Crippen molar-refractivity contribution in [3.63, 3.8) is 0 Å². The van der Waals surface area contributed by atoms with Crippen molar-refractivity contribution < 1.29 is 14.4 Å². The first-order valence-corrected chi connectivity index (χ1v) is 9.18. The molecule has 2 aliphatic carbocycles. The van der Waals surface area contributed by atoms with Crippen molar-refractivity contribution in [3.05, 3.63) is 42.2 Å². The molecule has 1 aliphatic heterocycles. The number of allylic oxidation sites excluding steroid dienone is 2. The molecule has 0 aromatic carbocycles. The van der Waals surface area contributed by atoms with Gasteiger partial charge < -0.3 is 4.90 Å². The van der Waals surface area contributed by atoms with Gasteiger partial charge in [0.1, 0.15) is 6.54 Å². The highest BCUT2D eigenvalue weighted by Crippen LogP contribution is 2.52. The zero-order valence-electron chi connectivity index (χ0n) is 14.8. The van der Waals surface area contributed by atoms with Crippen LogP contribution < -0.4 is 0 Å². The lowest BCUT2D eigenvalue weighted by molar-refractivity contribution is -0.147. The Kier molecular flexibility index (Phi) is 4.48. The van der Waals surface area contributed by atoms with Crippen LogP contribution in [0.15, 0.2) is 36.5 Å². The average molecular weight is 364 g/mol. The molecule has 27 heavy (non-hydrogen) atoms. The Labute approximate surface area is 157 Å². The molecular formula is C20H20N4O3. The van der Waals surface area contributed by atoms with E-state index in [1.54, 1.807) is 18.3 Å². The third-order valence-corrected chi connectivity index (χ3v) is 5.78. The molecule has 0 spiro atoms. The summed E-state index contributed by atoms with van der Waals surface area (Å²) in [6, 6.07) is 7.44. The van der Waals surface area contributed by atoms with E-state index in [2.05, 4.69) is 4.98 Å². The summed E-state index contributed by atoms with van der Waals surface area (Å²) < 4.78 is 0. The maximum absolute atomic E-state index is 12.8. The van der Waals surface area contributed by atoms with E-state index in [0.29, 0.717) is 5.69 Å². The van der Waals surface area contributed by atoms with E-state index in [1.807, 2.05) is 24.3 Å². The van der Waals surface area contributed by atoms with Crippen LogP contribution in [0.1, 0.15) is 18.5 Å². The SMILES string of the molecule is N#CCCN(Cc1ccccn1)C(=O)CN1C(=O)[C@@H]2[C@H](C1=O)[C@H]1C=C[C@H]2C1. The molecule has 4 rings (SSSR count). The summed E-state index contributed by atoms with van der Waals surface area (Å²) in [5, 5.41) is 8.88. The average Bonchev–Trinajstić information content (AvgIpc) is 3.36. The number of amides is 3. The van der Waals surface area contributed by atoms with Gasteiger partial charge in [-0.15, -0.1) is 0 Å². The Bertz CT molecular complexity index is 815. The molecule has 0 unspecified atom stereocenters. The number of rotatable bonds is 6. The van der Waals surface area contributed by atoms with Crippen LogP contribution in [0.5, 0.6) is 0 Å². The lowest BCUT2D eigenvalue weighted by atomic mass is 9.85. The Morgan fingerprint density at radius 2 is 1.93 bits per heavy atom. The van der Waals surface area contributed by atoms with Crippen molar-refractivity contribution in [3.8, 4) is 6.07 Å². The molecule has 7 nitrogen and oxygen atoms in total. The van der Waals surface area contributed by atoms with Crippen molar-refractivity contribution >= 4 is 17.7 Å². The molecule has 4 atom stereocenters. The number of nitrogens with zero attached hydrogens (tertiary/aromatic N) is 4. The molecule has 3 aliphatic rings. The number of pyridine rings is 1. The van der Waals surface area contributed by atoms with Gasteiger partial charge in [-0.3, -0.25) is 24.3 Å². The number of hydrogen-bond acceptors (Lipinski definition) is 5.